The summed E-state index contributed by atoms with van der Waals surface area (Å²) < 4.78 is 53.1. The first-order chi connectivity index (χ1) is 17.9. The molecule has 3 N–H and O–H groups in total. The number of H-pyrrole nitrogens is 1. The van der Waals surface area contributed by atoms with E-state index in [1.807, 2.05) is 43.3 Å². The van der Waals surface area contributed by atoms with Gasteiger partial charge in [0.2, 0.25) is 0 Å². The summed E-state index contributed by atoms with van der Waals surface area (Å²) in [6, 6.07) is 12.7. The molecule has 37 heavy (non-hydrogen) atoms. The first kappa shape index (κ1) is 27.3. The zero-order chi connectivity index (χ0) is 26.4. The van der Waals surface area contributed by atoms with Crippen molar-refractivity contribution in [3.8, 4) is 11.5 Å². The monoisotopic (exact) mass is 519 g/mol. The van der Waals surface area contributed by atoms with Crippen LogP contribution in [-0.4, -0.2) is 73.6 Å². The lowest BCUT2D eigenvalue weighted by Crippen LogP contribution is -2.49. The number of aliphatic hydroxyl groups excluding tert-OH is 1. The number of para-hydroxylation sites is 1. The van der Waals surface area contributed by atoms with Gasteiger partial charge in [-0.2, -0.15) is 0 Å². The number of nitrogens with zero attached hydrogens (tertiary/aromatic N) is 1. The fourth-order valence-electron chi connectivity index (χ4n) is 5.13. The molecular weight excluding hydrogens is 483 g/mol. The Kier molecular flexibility index (Phi) is 9.00. The van der Waals surface area contributed by atoms with E-state index in [9.17, 15) is 18.3 Å². The predicted molar refractivity (Wildman–Crippen MR) is 139 cm³/mol. The molecule has 0 bridgehead atoms. The summed E-state index contributed by atoms with van der Waals surface area (Å²) in [4.78, 5) is 5.23. The second-order valence-corrected chi connectivity index (χ2v) is 9.60. The van der Waals surface area contributed by atoms with Gasteiger partial charge in [0.1, 0.15) is 18.1 Å². The Labute approximate surface area is 215 Å². The van der Waals surface area contributed by atoms with Gasteiger partial charge < -0.3 is 24.9 Å². The summed E-state index contributed by atoms with van der Waals surface area (Å²) in [5.74, 6) is -2.07. The first-order valence-electron chi connectivity index (χ1n) is 12.8. The smallest absolute Gasteiger partial charge is 0.283 e. The lowest BCUT2D eigenvalue weighted by Gasteiger charge is -2.42. The molecule has 0 radical (unpaired) electrons. The van der Waals surface area contributed by atoms with Gasteiger partial charge in [0.05, 0.1) is 33.0 Å². The van der Waals surface area contributed by atoms with Crippen LogP contribution in [0.2, 0.25) is 0 Å². The molecule has 0 saturated heterocycles. The number of nitrogens with one attached hydrogen (secondary N) is 2. The van der Waals surface area contributed by atoms with Crippen molar-refractivity contribution in [3.05, 3.63) is 59.3 Å². The van der Waals surface area contributed by atoms with Gasteiger partial charge in [-0.15, -0.1) is 0 Å². The molecule has 1 aliphatic rings. The number of benzene rings is 2. The molecule has 4 rings (SSSR count). The van der Waals surface area contributed by atoms with Crippen molar-refractivity contribution in [2.45, 2.75) is 44.2 Å². The number of alkyl halides is 3. The van der Waals surface area contributed by atoms with Crippen LogP contribution < -0.4 is 14.8 Å². The Hall–Kier alpha value is -2.75. The van der Waals surface area contributed by atoms with Crippen LogP contribution in [0.25, 0.3) is 10.9 Å². The quantitative estimate of drug-likeness (QED) is 0.282. The van der Waals surface area contributed by atoms with Crippen LogP contribution in [0.4, 0.5) is 13.2 Å². The van der Waals surface area contributed by atoms with Crippen molar-refractivity contribution >= 4 is 10.9 Å². The van der Waals surface area contributed by atoms with Crippen LogP contribution in [0.3, 0.4) is 0 Å². The highest BCUT2D eigenvalue weighted by atomic mass is 19.3. The molecule has 6 nitrogen and oxygen atoms in total. The third kappa shape index (κ3) is 6.22. The molecule has 0 fully saturated rings. The maximum Gasteiger partial charge on any atom is 0.283 e. The molecule has 2 atom stereocenters. The van der Waals surface area contributed by atoms with Crippen LogP contribution >= 0.6 is 0 Å². The van der Waals surface area contributed by atoms with Gasteiger partial charge in [-0.1, -0.05) is 18.2 Å². The maximum absolute atomic E-state index is 14.6. The minimum atomic E-state index is -3.26. The van der Waals surface area contributed by atoms with Crippen LogP contribution in [0.5, 0.6) is 11.5 Å². The van der Waals surface area contributed by atoms with Crippen molar-refractivity contribution in [1.82, 2.24) is 15.2 Å². The number of halogens is 3. The number of aliphatic hydroxyl groups is 1. The van der Waals surface area contributed by atoms with Crippen molar-refractivity contribution in [3.63, 3.8) is 0 Å². The fraction of sp³-hybridized carbons (Fsp3) is 0.500. The predicted octanol–water partition coefficient (Wildman–Crippen LogP) is 4.86. The average Bonchev–Trinajstić information content (AvgIpc) is 3.26. The Morgan fingerprint density at radius 1 is 1.16 bits per heavy atom. The first-order valence-corrected chi connectivity index (χ1v) is 12.8. The van der Waals surface area contributed by atoms with E-state index in [0.29, 0.717) is 49.6 Å². The Morgan fingerprint density at radius 3 is 2.70 bits per heavy atom. The highest BCUT2D eigenvalue weighted by molar-refractivity contribution is 5.85. The number of aromatic nitrogens is 1. The number of methoxy groups -OCH3 is 1. The SMILES string of the molecule is COc1ccc(OCCCNCCCF)cc1[C@@H]1c2[nH]c3ccccc3c2C[C@@H](C)N1CC(F)(F)CO. The van der Waals surface area contributed by atoms with Gasteiger partial charge in [-0.25, -0.2) is 8.78 Å². The fourth-order valence-corrected chi connectivity index (χ4v) is 5.13. The average molecular weight is 520 g/mol. The standard InChI is InChI=1S/C28H36F3N3O3/c1-19-15-22-21-7-3-4-8-24(21)33-26(22)27(34(19)17-28(30,31)18-35)23-16-20(9-10-25(23)36-2)37-14-6-13-32-12-5-11-29/h3-4,7-10,16,19,27,32-33,35H,5-6,11-15,17-18H2,1-2H3/t19-,27-/m1/s1. The van der Waals surface area contributed by atoms with Crippen molar-refractivity contribution in [1.29, 1.82) is 0 Å². The highest BCUT2D eigenvalue weighted by Crippen LogP contribution is 2.45. The summed E-state index contributed by atoms with van der Waals surface area (Å²) in [5.41, 5.74) is 3.62. The minimum Gasteiger partial charge on any atom is -0.496 e. The molecule has 0 amide bonds. The molecule has 202 valence electrons. The van der Waals surface area contributed by atoms with Crippen LogP contribution in [0.15, 0.2) is 42.5 Å². The van der Waals surface area contributed by atoms with Gasteiger partial charge in [0, 0.05) is 28.2 Å². The summed E-state index contributed by atoms with van der Waals surface area (Å²) in [7, 11) is 1.56. The minimum absolute atomic E-state index is 0.209. The zero-order valence-corrected chi connectivity index (χ0v) is 21.4. The van der Waals surface area contributed by atoms with Gasteiger partial charge >= 0.3 is 0 Å². The number of hydrogen-bond acceptors (Lipinski definition) is 5. The molecule has 1 aromatic heterocycles. The van der Waals surface area contributed by atoms with Gasteiger partial charge in [-0.05, 0) is 69.1 Å². The van der Waals surface area contributed by atoms with Gasteiger partial charge in [0.15, 0.2) is 0 Å². The van der Waals surface area contributed by atoms with E-state index in [2.05, 4.69) is 10.3 Å². The molecule has 1 aliphatic heterocycles. The van der Waals surface area contributed by atoms with Gasteiger partial charge in [0.25, 0.3) is 5.92 Å². The number of hydrogen-bond donors (Lipinski definition) is 3. The number of ether oxygens (including phenoxy) is 2. The molecule has 0 saturated carbocycles. The lowest BCUT2D eigenvalue weighted by molar-refractivity contribution is -0.0865. The van der Waals surface area contributed by atoms with Crippen molar-refractivity contribution < 1.29 is 27.8 Å². The molecule has 2 heterocycles. The van der Waals surface area contributed by atoms with E-state index >= 15 is 0 Å². The number of aromatic amines is 1. The number of rotatable bonds is 13. The Balaban J connectivity index is 1.68. The molecular formula is C28H36F3N3O3. The van der Waals surface area contributed by atoms with E-state index in [0.717, 1.165) is 28.6 Å². The van der Waals surface area contributed by atoms with Crippen molar-refractivity contribution in [2.75, 3.05) is 46.6 Å². The molecule has 0 aliphatic carbocycles. The van der Waals surface area contributed by atoms with Crippen LogP contribution in [-0.2, 0) is 6.42 Å². The van der Waals surface area contributed by atoms with E-state index in [-0.39, 0.29) is 12.7 Å². The van der Waals surface area contributed by atoms with Crippen molar-refractivity contribution in [2.24, 2.45) is 0 Å². The lowest BCUT2D eigenvalue weighted by atomic mass is 9.87. The Bertz CT molecular complexity index is 1170. The second kappa shape index (κ2) is 12.2. The summed E-state index contributed by atoms with van der Waals surface area (Å²) in [5, 5.41) is 13.6. The topological polar surface area (TPSA) is 69.8 Å². The molecule has 0 spiro atoms. The summed E-state index contributed by atoms with van der Waals surface area (Å²) >= 11 is 0. The largest absolute Gasteiger partial charge is 0.496 e. The summed E-state index contributed by atoms with van der Waals surface area (Å²) in [6.45, 7) is 1.59. The van der Waals surface area contributed by atoms with E-state index in [1.54, 1.807) is 18.1 Å². The van der Waals surface area contributed by atoms with E-state index in [4.69, 9.17) is 9.47 Å². The third-order valence-electron chi connectivity index (χ3n) is 6.91. The van der Waals surface area contributed by atoms with E-state index in [1.165, 1.54) is 0 Å². The Morgan fingerprint density at radius 2 is 1.95 bits per heavy atom. The van der Waals surface area contributed by atoms with Crippen LogP contribution in [0, 0.1) is 0 Å². The zero-order valence-electron chi connectivity index (χ0n) is 21.4. The molecule has 2 aromatic carbocycles. The molecule has 0 unspecified atom stereocenters. The van der Waals surface area contributed by atoms with E-state index < -0.39 is 25.1 Å². The highest BCUT2D eigenvalue weighted by Gasteiger charge is 2.42. The van der Waals surface area contributed by atoms with Gasteiger partial charge in [-0.3, -0.25) is 9.29 Å². The molecule has 3 aromatic rings. The molecule has 9 heteroatoms. The normalized spacial score (nSPS) is 18.2. The third-order valence-corrected chi connectivity index (χ3v) is 6.91. The maximum atomic E-state index is 14.6. The second-order valence-electron chi connectivity index (χ2n) is 9.60. The van der Waals surface area contributed by atoms with Crippen LogP contribution in [0.1, 0.15) is 42.6 Å². The summed E-state index contributed by atoms with van der Waals surface area (Å²) in [6.07, 6.45) is 1.84. The number of fused-ring (bicyclic) bond motifs is 3.